The van der Waals surface area contributed by atoms with Crippen molar-refractivity contribution in [1.29, 1.82) is 0 Å². The first-order valence-electron chi connectivity index (χ1n) is 8.28. The van der Waals surface area contributed by atoms with Gasteiger partial charge in [-0.1, -0.05) is 6.07 Å². The number of anilines is 1. The molecule has 2 aromatic rings. The minimum atomic E-state index is -0.615. The van der Waals surface area contributed by atoms with Crippen LogP contribution in [-0.4, -0.2) is 38.5 Å². The number of amides is 2. The number of likely N-dealkylation sites (N-methyl/N-ethyl adjacent to an activating group) is 1. The number of rotatable bonds is 3. The highest BCUT2D eigenvalue weighted by atomic mass is 19.1. The van der Waals surface area contributed by atoms with E-state index >= 15 is 0 Å². The molecule has 2 aliphatic heterocycles. The van der Waals surface area contributed by atoms with Crippen molar-refractivity contribution in [2.45, 2.75) is 38.3 Å². The number of hydrogen-bond acceptors (Lipinski definition) is 4. The van der Waals surface area contributed by atoms with Crippen LogP contribution in [0.4, 0.5) is 10.1 Å². The van der Waals surface area contributed by atoms with Crippen LogP contribution in [0.25, 0.3) is 0 Å². The Balaban J connectivity index is 1.57. The topological polar surface area (TPSA) is 80.1 Å². The van der Waals surface area contributed by atoms with Gasteiger partial charge in [0.1, 0.15) is 11.6 Å². The van der Waals surface area contributed by atoms with E-state index in [1.165, 1.54) is 12.1 Å². The van der Waals surface area contributed by atoms with Crippen LogP contribution in [0.15, 0.2) is 18.2 Å². The number of aryl methyl sites for hydroxylation is 1. The molecule has 0 spiro atoms. The maximum absolute atomic E-state index is 13.4. The average Bonchev–Trinajstić information content (AvgIpc) is 3.18. The van der Waals surface area contributed by atoms with Gasteiger partial charge in [0.25, 0.3) is 0 Å². The molecule has 0 aliphatic carbocycles. The lowest BCUT2D eigenvalue weighted by Gasteiger charge is -2.28. The lowest BCUT2D eigenvalue weighted by atomic mass is 9.89. The van der Waals surface area contributed by atoms with Gasteiger partial charge in [-0.25, -0.2) is 4.39 Å². The lowest BCUT2D eigenvalue weighted by Crippen LogP contribution is -2.36. The Kier molecular flexibility index (Phi) is 3.74. The first-order valence-corrected chi connectivity index (χ1v) is 8.28. The third-order valence-corrected chi connectivity index (χ3v) is 4.79. The molecule has 25 heavy (non-hydrogen) atoms. The lowest BCUT2D eigenvalue weighted by molar-refractivity contribution is -0.134. The van der Waals surface area contributed by atoms with E-state index in [9.17, 15) is 14.0 Å². The van der Waals surface area contributed by atoms with Crippen molar-refractivity contribution in [3.8, 4) is 0 Å². The maximum Gasteiger partial charge on any atom is 0.230 e. The molecule has 0 fully saturated rings. The third-order valence-electron chi connectivity index (χ3n) is 4.79. The van der Waals surface area contributed by atoms with Gasteiger partial charge in [-0.2, -0.15) is 0 Å². The molecule has 1 unspecified atom stereocenters. The summed E-state index contributed by atoms with van der Waals surface area (Å²) in [6.45, 7) is 1.20. The first-order chi connectivity index (χ1) is 12.0. The summed E-state index contributed by atoms with van der Waals surface area (Å²) in [7, 11) is 1.69. The zero-order valence-corrected chi connectivity index (χ0v) is 13.8. The van der Waals surface area contributed by atoms with Crippen molar-refractivity contribution in [3.05, 3.63) is 41.2 Å². The highest BCUT2D eigenvalue weighted by molar-refractivity contribution is 6.01. The summed E-state index contributed by atoms with van der Waals surface area (Å²) in [5, 5.41) is 10.9. The van der Waals surface area contributed by atoms with Gasteiger partial charge < -0.3 is 14.8 Å². The zero-order valence-electron chi connectivity index (χ0n) is 13.8. The number of nitrogens with one attached hydrogen (secondary N) is 1. The average molecular weight is 343 g/mol. The summed E-state index contributed by atoms with van der Waals surface area (Å²) in [5.74, 6) is 0.178. The molecular weight excluding hydrogens is 325 g/mol. The molecule has 2 amide bonds. The van der Waals surface area contributed by atoms with Gasteiger partial charge in [0, 0.05) is 32.1 Å². The Bertz CT molecular complexity index is 863. The molecule has 8 heteroatoms. The van der Waals surface area contributed by atoms with Gasteiger partial charge in [-0.15, -0.1) is 10.2 Å². The van der Waals surface area contributed by atoms with Gasteiger partial charge >= 0.3 is 0 Å². The van der Waals surface area contributed by atoms with E-state index in [0.717, 1.165) is 31.0 Å². The first kappa shape index (κ1) is 15.7. The molecule has 1 N–H and O–H groups in total. The maximum atomic E-state index is 13.4. The highest BCUT2D eigenvalue weighted by Gasteiger charge is 2.33. The number of nitrogens with zero attached hydrogens (tertiary/aromatic N) is 4. The van der Waals surface area contributed by atoms with Crippen LogP contribution in [0.1, 0.15) is 36.0 Å². The van der Waals surface area contributed by atoms with E-state index in [4.69, 9.17) is 0 Å². The van der Waals surface area contributed by atoms with Crippen molar-refractivity contribution in [3.63, 3.8) is 0 Å². The second kappa shape index (κ2) is 5.94. The van der Waals surface area contributed by atoms with E-state index < -0.39 is 11.7 Å². The summed E-state index contributed by atoms with van der Waals surface area (Å²) in [4.78, 5) is 26.4. The fraction of sp³-hybridized carbons (Fsp3) is 0.412. The van der Waals surface area contributed by atoms with E-state index in [0.29, 0.717) is 17.8 Å². The van der Waals surface area contributed by atoms with Crippen LogP contribution < -0.4 is 5.32 Å². The number of hydrogen-bond donors (Lipinski definition) is 1. The minimum absolute atomic E-state index is 0.0553. The predicted octanol–water partition coefficient (Wildman–Crippen LogP) is 1.45. The fourth-order valence-electron chi connectivity index (χ4n) is 3.54. The molecule has 0 radical (unpaired) electrons. The number of halogens is 1. The predicted molar refractivity (Wildman–Crippen MR) is 87.2 cm³/mol. The molecule has 2 aliphatic rings. The summed E-state index contributed by atoms with van der Waals surface area (Å²) in [6.07, 6.45) is 2.00. The van der Waals surface area contributed by atoms with Crippen LogP contribution in [-0.2, 0) is 29.1 Å². The molecule has 1 aromatic carbocycles. The Morgan fingerprint density at radius 2 is 2.28 bits per heavy atom. The number of carbonyl (C=O) groups excluding carboxylic acids is 2. The van der Waals surface area contributed by atoms with E-state index in [1.807, 2.05) is 4.57 Å². The SMILES string of the molecule is CN(Cc1nnc2n1CCC2)C(=O)C1CC(=O)Nc2cc(F)ccc21. The monoisotopic (exact) mass is 343 g/mol. The Hall–Kier alpha value is -2.77. The summed E-state index contributed by atoms with van der Waals surface area (Å²) in [5.41, 5.74) is 1.01. The number of benzene rings is 1. The van der Waals surface area contributed by atoms with Crippen molar-refractivity contribution in [2.24, 2.45) is 0 Å². The fourth-order valence-corrected chi connectivity index (χ4v) is 3.54. The van der Waals surface area contributed by atoms with Gasteiger partial charge in [0.2, 0.25) is 11.8 Å². The quantitative estimate of drug-likeness (QED) is 0.915. The molecule has 130 valence electrons. The number of carbonyl (C=O) groups is 2. The van der Waals surface area contributed by atoms with Crippen molar-refractivity contribution in [1.82, 2.24) is 19.7 Å². The van der Waals surface area contributed by atoms with Crippen LogP contribution in [0.2, 0.25) is 0 Å². The normalized spacial score (nSPS) is 18.5. The molecular formula is C17H18FN5O2. The van der Waals surface area contributed by atoms with Crippen molar-refractivity contribution >= 4 is 17.5 Å². The molecule has 0 saturated carbocycles. The summed E-state index contributed by atoms with van der Waals surface area (Å²) >= 11 is 0. The molecule has 4 rings (SSSR count). The third kappa shape index (κ3) is 2.77. The molecule has 3 heterocycles. The Morgan fingerprint density at radius 3 is 3.12 bits per heavy atom. The summed E-state index contributed by atoms with van der Waals surface area (Å²) < 4.78 is 15.5. The van der Waals surface area contributed by atoms with Gasteiger partial charge in [0.05, 0.1) is 12.5 Å². The van der Waals surface area contributed by atoms with E-state index in [2.05, 4.69) is 15.5 Å². The summed E-state index contributed by atoms with van der Waals surface area (Å²) in [6, 6.07) is 4.12. The van der Waals surface area contributed by atoms with Crippen LogP contribution >= 0.6 is 0 Å². The molecule has 7 nitrogen and oxygen atoms in total. The standard InChI is InChI=1S/C17H18FN5O2/c1-22(9-15-21-20-14-3-2-6-23(14)15)17(25)12-8-16(24)19-13-7-10(18)4-5-11(12)13/h4-5,7,12H,2-3,6,8-9H2,1H3,(H,19,24). The zero-order chi connectivity index (χ0) is 17.6. The second-order valence-corrected chi connectivity index (χ2v) is 6.52. The molecule has 0 bridgehead atoms. The van der Waals surface area contributed by atoms with Crippen LogP contribution in [0.5, 0.6) is 0 Å². The van der Waals surface area contributed by atoms with E-state index in [-0.39, 0.29) is 18.2 Å². The van der Waals surface area contributed by atoms with Crippen molar-refractivity contribution < 1.29 is 14.0 Å². The molecule has 1 atom stereocenters. The minimum Gasteiger partial charge on any atom is -0.338 e. The molecule has 0 saturated heterocycles. The van der Waals surface area contributed by atoms with Gasteiger partial charge in [-0.05, 0) is 24.1 Å². The second-order valence-electron chi connectivity index (χ2n) is 6.52. The van der Waals surface area contributed by atoms with Gasteiger partial charge in [0.15, 0.2) is 5.82 Å². The van der Waals surface area contributed by atoms with Crippen LogP contribution in [0, 0.1) is 5.82 Å². The number of aromatic nitrogens is 3. The van der Waals surface area contributed by atoms with Crippen LogP contribution in [0.3, 0.4) is 0 Å². The number of fused-ring (bicyclic) bond motifs is 2. The molecule has 1 aromatic heterocycles. The van der Waals surface area contributed by atoms with Crippen molar-refractivity contribution in [2.75, 3.05) is 12.4 Å². The highest BCUT2D eigenvalue weighted by Crippen LogP contribution is 2.34. The smallest absolute Gasteiger partial charge is 0.230 e. The Labute approximate surface area is 143 Å². The Morgan fingerprint density at radius 1 is 1.44 bits per heavy atom. The largest absolute Gasteiger partial charge is 0.338 e. The van der Waals surface area contributed by atoms with Gasteiger partial charge in [-0.3, -0.25) is 9.59 Å². The van der Waals surface area contributed by atoms with E-state index in [1.54, 1.807) is 18.0 Å².